The fourth-order valence-electron chi connectivity index (χ4n) is 1.52. The van der Waals surface area contributed by atoms with E-state index in [9.17, 15) is 8.42 Å². The Kier molecular flexibility index (Phi) is 8.87. The minimum atomic E-state index is -3.08. The lowest BCUT2D eigenvalue weighted by Crippen LogP contribution is -2.35. The first-order valence-electron chi connectivity index (χ1n) is 5.96. The number of nitrogens with zero attached hydrogens (tertiary/aromatic N) is 1. The van der Waals surface area contributed by atoms with Crippen molar-refractivity contribution in [2.75, 3.05) is 25.9 Å². The average molecular weight is 390 g/mol. The molecule has 0 saturated heterocycles. The highest BCUT2D eigenvalue weighted by Gasteiger charge is 2.16. The largest absolute Gasteiger partial charge is 0.370 e. The zero-order valence-electron chi connectivity index (χ0n) is 10.7. The standard InChI is InChI=1S/C10H22N4O2S.HI/c1-17(15,16)14-7-3-6-12-10(11)13-8-9-4-2-5-9;/h9,14H,2-8H2,1H3,(H3,11,12,13);1H. The highest BCUT2D eigenvalue weighted by atomic mass is 127. The van der Waals surface area contributed by atoms with Crippen LogP contribution in [0.1, 0.15) is 25.7 Å². The lowest BCUT2D eigenvalue weighted by molar-refractivity contribution is 0.326. The second-order valence-electron chi connectivity index (χ2n) is 4.47. The molecule has 0 aromatic carbocycles. The van der Waals surface area contributed by atoms with Crippen LogP contribution in [0.5, 0.6) is 0 Å². The maximum absolute atomic E-state index is 10.8. The molecule has 0 aliphatic heterocycles. The predicted molar refractivity (Wildman–Crippen MR) is 84.7 cm³/mol. The average Bonchev–Trinajstić information content (AvgIpc) is 2.13. The van der Waals surface area contributed by atoms with E-state index < -0.39 is 10.0 Å². The van der Waals surface area contributed by atoms with Gasteiger partial charge < -0.3 is 11.1 Å². The molecule has 0 aromatic heterocycles. The maximum Gasteiger partial charge on any atom is 0.208 e. The van der Waals surface area contributed by atoms with Crippen LogP contribution in [0.25, 0.3) is 0 Å². The van der Waals surface area contributed by atoms with Crippen LogP contribution in [-0.4, -0.2) is 40.3 Å². The summed E-state index contributed by atoms with van der Waals surface area (Å²) in [5, 5.41) is 2.97. The Balaban J connectivity index is 0.00000289. The molecule has 8 heteroatoms. The van der Waals surface area contributed by atoms with Gasteiger partial charge in [0.25, 0.3) is 0 Å². The van der Waals surface area contributed by atoms with Crippen LogP contribution in [0, 0.1) is 5.92 Å². The molecule has 108 valence electrons. The van der Waals surface area contributed by atoms with Gasteiger partial charge in [-0.1, -0.05) is 6.42 Å². The Hall–Kier alpha value is -0.0900. The van der Waals surface area contributed by atoms with Crippen molar-refractivity contribution in [3.8, 4) is 0 Å². The van der Waals surface area contributed by atoms with Gasteiger partial charge in [0.2, 0.25) is 10.0 Å². The minimum Gasteiger partial charge on any atom is -0.370 e. The van der Waals surface area contributed by atoms with Crippen LogP contribution in [-0.2, 0) is 10.0 Å². The second kappa shape index (κ2) is 8.92. The maximum atomic E-state index is 10.8. The second-order valence-corrected chi connectivity index (χ2v) is 6.30. The van der Waals surface area contributed by atoms with Crippen molar-refractivity contribution in [1.82, 2.24) is 10.0 Å². The van der Waals surface area contributed by atoms with Gasteiger partial charge in [0.1, 0.15) is 0 Å². The molecular formula is C10H23IN4O2S. The Labute approximate surface area is 126 Å². The summed E-state index contributed by atoms with van der Waals surface area (Å²) in [5.74, 6) is 1.17. The van der Waals surface area contributed by atoms with Crippen LogP contribution in [0.15, 0.2) is 4.99 Å². The molecule has 1 rings (SSSR count). The molecule has 0 heterocycles. The molecule has 1 saturated carbocycles. The monoisotopic (exact) mass is 390 g/mol. The van der Waals surface area contributed by atoms with Crippen LogP contribution >= 0.6 is 24.0 Å². The Morgan fingerprint density at radius 1 is 1.39 bits per heavy atom. The van der Waals surface area contributed by atoms with Crippen molar-refractivity contribution in [2.45, 2.75) is 25.7 Å². The van der Waals surface area contributed by atoms with E-state index in [4.69, 9.17) is 5.73 Å². The van der Waals surface area contributed by atoms with E-state index in [-0.39, 0.29) is 24.0 Å². The van der Waals surface area contributed by atoms with Gasteiger partial charge in [-0.15, -0.1) is 24.0 Å². The Morgan fingerprint density at radius 2 is 2.06 bits per heavy atom. The van der Waals surface area contributed by atoms with Gasteiger partial charge in [0.15, 0.2) is 5.96 Å². The number of halogens is 1. The van der Waals surface area contributed by atoms with Crippen LogP contribution in [0.3, 0.4) is 0 Å². The lowest BCUT2D eigenvalue weighted by Gasteiger charge is -2.23. The molecule has 18 heavy (non-hydrogen) atoms. The van der Waals surface area contributed by atoms with E-state index in [0.29, 0.717) is 31.4 Å². The third kappa shape index (κ3) is 8.92. The first-order valence-corrected chi connectivity index (χ1v) is 7.85. The van der Waals surface area contributed by atoms with Gasteiger partial charge in [0, 0.05) is 19.6 Å². The number of nitrogens with two attached hydrogens (primary N) is 1. The van der Waals surface area contributed by atoms with E-state index in [1.807, 2.05) is 0 Å². The number of aliphatic imine (C=N–C) groups is 1. The van der Waals surface area contributed by atoms with Gasteiger partial charge in [-0.25, -0.2) is 13.1 Å². The zero-order valence-corrected chi connectivity index (χ0v) is 13.8. The number of guanidine groups is 1. The Bertz CT molecular complexity index is 355. The molecule has 0 unspecified atom stereocenters. The molecule has 1 aliphatic carbocycles. The smallest absolute Gasteiger partial charge is 0.208 e. The quantitative estimate of drug-likeness (QED) is 0.251. The highest BCUT2D eigenvalue weighted by molar-refractivity contribution is 14.0. The lowest BCUT2D eigenvalue weighted by atomic mass is 9.86. The van der Waals surface area contributed by atoms with Crippen molar-refractivity contribution in [3.05, 3.63) is 0 Å². The summed E-state index contributed by atoms with van der Waals surface area (Å²) in [5.41, 5.74) is 5.67. The van der Waals surface area contributed by atoms with Crippen LogP contribution < -0.4 is 15.8 Å². The number of hydrogen-bond acceptors (Lipinski definition) is 3. The van der Waals surface area contributed by atoms with Gasteiger partial charge in [-0.3, -0.25) is 4.99 Å². The van der Waals surface area contributed by atoms with Crippen molar-refractivity contribution >= 4 is 40.0 Å². The molecule has 6 nitrogen and oxygen atoms in total. The van der Waals surface area contributed by atoms with E-state index in [1.54, 1.807) is 0 Å². The van der Waals surface area contributed by atoms with E-state index in [1.165, 1.54) is 19.3 Å². The van der Waals surface area contributed by atoms with Gasteiger partial charge >= 0.3 is 0 Å². The fraction of sp³-hybridized carbons (Fsp3) is 0.900. The molecule has 0 spiro atoms. The summed E-state index contributed by atoms with van der Waals surface area (Å²) in [4.78, 5) is 4.24. The summed E-state index contributed by atoms with van der Waals surface area (Å²) < 4.78 is 23.9. The van der Waals surface area contributed by atoms with Crippen molar-refractivity contribution in [2.24, 2.45) is 16.6 Å². The topological polar surface area (TPSA) is 96.6 Å². The molecule has 1 fully saturated rings. The zero-order chi connectivity index (χ0) is 12.7. The van der Waals surface area contributed by atoms with Crippen molar-refractivity contribution < 1.29 is 8.42 Å². The van der Waals surface area contributed by atoms with Gasteiger partial charge in [0.05, 0.1) is 6.26 Å². The van der Waals surface area contributed by atoms with Crippen molar-refractivity contribution in [1.29, 1.82) is 0 Å². The molecule has 0 aromatic rings. The van der Waals surface area contributed by atoms with E-state index >= 15 is 0 Å². The SMILES string of the molecule is CS(=O)(=O)NCCCNC(N)=NCC1CCC1.I. The van der Waals surface area contributed by atoms with Crippen LogP contribution in [0.2, 0.25) is 0 Å². The number of rotatable bonds is 7. The number of nitrogens with one attached hydrogen (secondary N) is 2. The molecule has 0 bridgehead atoms. The first-order chi connectivity index (χ1) is 7.97. The molecule has 0 atom stereocenters. The van der Waals surface area contributed by atoms with Gasteiger partial charge in [-0.2, -0.15) is 0 Å². The molecule has 1 aliphatic rings. The fourth-order valence-corrected chi connectivity index (χ4v) is 2.04. The number of sulfonamides is 1. The minimum absolute atomic E-state index is 0. The summed E-state index contributed by atoms with van der Waals surface area (Å²) in [6.07, 6.45) is 5.66. The normalized spacial score (nSPS) is 16.8. The summed E-state index contributed by atoms with van der Waals surface area (Å²) in [6.45, 7) is 1.85. The number of hydrogen-bond donors (Lipinski definition) is 3. The Morgan fingerprint density at radius 3 is 2.56 bits per heavy atom. The van der Waals surface area contributed by atoms with Crippen LogP contribution in [0.4, 0.5) is 0 Å². The third-order valence-electron chi connectivity index (χ3n) is 2.77. The highest BCUT2D eigenvalue weighted by Crippen LogP contribution is 2.26. The summed E-state index contributed by atoms with van der Waals surface area (Å²) >= 11 is 0. The van der Waals surface area contributed by atoms with Crippen molar-refractivity contribution in [3.63, 3.8) is 0 Å². The van der Waals surface area contributed by atoms with E-state index in [2.05, 4.69) is 15.0 Å². The molecular weight excluding hydrogens is 367 g/mol. The first kappa shape index (κ1) is 17.9. The third-order valence-corrected chi connectivity index (χ3v) is 3.50. The molecule has 0 radical (unpaired) electrons. The van der Waals surface area contributed by atoms with E-state index in [0.717, 1.165) is 12.8 Å². The predicted octanol–water partition coefficient (Wildman–Crippen LogP) is 0.248. The van der Waals surface area contributed by atoms with Gasteiger partial charge in [-0.05, 0) is 25.2 Å². The molecule has 0 amide bonds. The summed E-state index contributed by atoms with van der Waals surface area (Å²) in [6, 6.07) is 0. The molecule has 4 N–H and O–H groups in total. The summed E-state index contributed by atoms with van der Waals surface area (Å²) in [7, 11) is -3.08.